The molecule has 0 saturated heterocycles. The summed E-state index contributed by atoms with van der Waals surface area (Å²) in [5.74, 6) is 0.638. The van der Waals surface area contributed by atoms with Gasteiger partial charge in [0.25, 0.3) is 0 Å². The molecule has 1 rings (SSSR count). The highest BCUT2D eigenvalue weighted by Crippen LogP contribution is 2.26. The van der Waals surface area contributed by atoms with Crippen molar-refractivity contribution in [3.63, 3.8) is 0 Å². The molecule has 0 aromatic rings. The number of aliphatic hydroxyl groups excluding tert-OH is 1. The molecule has 0 radical (unpaired) electrons. The lowest BCUT2D eigenvalue weighted by molar-refractivity contribution is -0.0455. The fourth-order valence-corrected chi connectivity index (χ4v) is 2.49. The average Bonchev–Trinajstić information content (AvgIpc) is 2.36. The summed E-state index contributed by atoms with van der Waals surface area (Å²) in [6.45, 7) is 9.09. The van der Waals surface area contributed by atoms with Crippen LogP contribution in [0.4, 0.5) is 0 Å². The van der Waals surface area contributed by atoms with Gasteiger partial charge < -0.3 is 15.2 Å². The lowest BCUT2D eigenvalue weighted by atomic mass is 9.88. The van der Waals surface area contributed by atoms with Gasteiger partial charge in [0, 0.05) is 12.6 Å². The predicted molar refractivity (Wildman–Crippen MR) is 75.7 cm³/mol. The van der Waals surface area contributed by atoms with Gasteiger partial charge in [-0.05, 0) is 32.1 Å². The molecule has 0 aromatic heterocycles. The van der Waals surface area contributed by atoms with E-state index in [2.05, 4.69) is 25.7 Å². The van der Waals surface area contributed by atoms with Crippen LogP contribution in [0.25, 0.3) is 0 Å². The van der Waals surface area contributed by atoms with Gasteiger partial charge in [0.05, 0.1) is 18.8 Å². The number of nitrogens with one attached hydrogen (secondary N) is 1. The first-order valence-electron chi connectivity index (χ1n) is 7.27. The Hall–Kier alpha value is -0.380. The van der Waals surface area contributed by atoms with Gasteiger partial charge in [0.2, 0.25) is 0 Å². The number of hydrogen-bond acceptors (Lipinski definition) is 3. The van der Waals surface area contributed by atoms with Crippen LogP contribution in [0.15, 0.2) is 12.7 Å². The zero-order chi connectivity index (χ0) is 13.4. The number of rotatable bonds is 8. The quantitative estimate of drug-likeness (QED) is 0.655. The summed E-state index contributed by atoms with van der Waals surface area (Å²) in [5, 5.41) is 13.2. The molecule has 1 aliphatic carbocycles. The Morgan fingerprint density at radius 2 is 2.17 bits per heavy atom. The molecule has 0 spiro atoms. The molecule has 0 heterocycles. The first-order valence-corrected chi connectivity index (χ1v) is 7.27. The Morgan fingerprint density at radius 3 is 2.83 bits per heavy atom. The highest BCUT2D eigenvalue weighted by atomic mass is 16.5. The molecule has 3 heteroatoms. The van der Waals surface area contributed by atoms with Crippen molar-refractivity contribution < 1.29 is 9.84 Å². The van der Waals surface area contributed by atoms with Gasteiger partial charge >= 0.3 is 0 Å². The Morgan fingerprint density at radius 1 is 1.44 bits per heavy atom. The smallest absolute Gasteiger partial charge is 0.0897 e. The second kappa shape index (κ2) is 8.68. The van der Waals surface area contributed by atoms with Crippen molar-refractivity contribution in [2.24, 2.45) is 5.92 Å². The van der Waals surface area contributed by atoms with E-state index in [0.29, 0.717) is 31.2 Å². The van der Waals surface area contributed by atoms with Crippen molar-refractivity contribution in [1.29, 1.82) is 0 Å². The number of ether oxygens (including phenoxy) is 1. The zero-order valence-corrected chi connectivity index (χ0v) is 11.9. The van der Waals surface area contributed by atoms with E-state index in [9.17, 15) is 5.11 Å². The molecule has 3 nitrogen and oxygen atoms in total. The highest BCUT2D eigenvalue weighted by Gasteiger charge is 2.22. The van der Waals surface area contributed by atoms with Crippen LogP contribution in [-0.2, 0) is 4.74 Å². The van der Waals surface area contributed by atoms with Gasteiger partial charge in [-0.1, -0.05) is 25.8 Å². The molecule has 1 saturated carbocycles. The van der Waals surface area contributed by atoms with Crippen LogP contribution >= 0.6 is 0 Å². The molecule has 2 N–H and O–H groups in total. The summed E-state index contributed by atoms with van der Waals surface area (Å²) in [6, 6.07) is 0.366. The molecular formula is C15H29NO2. The third kappa shape index (κ3) is 5.98. The maximum Gasteiger partial charge on any atom is 0.0897 e. The first kappa shape index (κ1) is 15.7. The summed E-state index contributed by atoms with van der Waals surface area (Å²) >= 11 is 0. The molecule has 0 aromatic carbocycles. The summed E-state index contributed by atoms with van der Waals surface area (Å²) in [6.07, 6.45) is 7.75. The van der Waals surface area contributed by atoms with E-state index in [1.54, 1.807) is 0 Å². The maximum atomic E-state index is 9.87. The fourth-order valence-electron chi connectivity index (χ4n) is 2.49. The minimum atomic E-state index is -0.411. The molecular weight excluding hydrogens is 226 g/mol. The number of aliphatic hydroxyl groups is 1. The largest absolute Gasteiger partial charge is 0.389 e. The van der Waals surface area contributed by atoms with E-state index in [0.717, 1.165) is 12.8 Å². The van der Waals surface area contributed by atoms with Gasteiger partial charge in [-0.25, -0.2) is 0 Å². The Labute approximate surface area is 112 Å². The third-order valence-corrected chi connectivity index (χ3v) is 3.76. The van der Waals surface area contributed by atoms with Crippen molar-refractivity contribution in [2.45, 2.75) is 64.2 Å². The lowest BCUT2D eigenvalue weighted by Crippen LogP contribution is -2.37. The summed E-state index contributed by atoms with van der Waals surface area (Å²) in [4.78, 5) is 0. The van der Waals surface area contributed by atoms with E-state index in [-0.39, 0.29) is 0 Å². The van der Waals surface area contributed by atoms with Gasteiger partial charge in [0.15, 0.2) is 0 Å². The van der Waals surface area contributed by atoms with Crippen LogP contribution in [0.2, 0.25) is 0 Å². The van der Waals surface area contributed by atoms with E-state index < -0.39 is 6.10 Å². The van der Waals surface area contributed by atoms with Crippen LogP contribution in [0, 0.1) is 5.92 Å². The van der Waals surface area contributed by atoms with Gasteiger partial charge in [-0.2, -0.15) is 0 Å². The third-order valence-electron chi connectivity index (χ3n) is 3.76. The average molecular weight is 255 g/mol. The summed E-state index contributed by atoms with van der Waals surface area (Å²) in [7, 11) is 0. The molecule has 0 aliphatic heterocycles. The molecule has 0 bridgehead atoms. The van der Waals surface area contributed by atoms with Gasteiger partial charge in [-0.15, -0.1) is 6.58 Å². The molecule has 18 heavy (non-hydrogen) atoms. The minimum Gasteiger partial charge on any atom is -0.389 e. The van der Waals surface area contributed by atoms with Crippen LogP contribution in [0.5, 0.6) is 0 Å². The molecule has 0 amide bonds. The Bertz CT molecular complexity index is 233. The monoisotopic (exact) mass is 255 g/mol. The van der Waals surface area contributed by atoms with Crippen molar-refractivity contribution in [2.75, 3.05) is 13.2 Å². The van der Waals surface area contributed by atoms with E-state index >= 15 is 0 Å². The van der Waals surface area contributed by atoms with Gasteiger partial charge in [0.1, 0.15) is 0 Å². The standard InChI is InChI=1S/C15H29NO2/c1-4-7-13(3)16-10-14(17)11-18-15-9-6-5-8-12(15)2/h4,12-17H,1,5-11H2,2-3H3. The molecule has 106 valence electrons. The SMILES string of the molecule is C=CCC(C)NCC(O)COC1CCCCC1C. The van der Waals surface area contributed by atoms with E-state index in [4.69, 9.17) is 4.74 Å². The molecule has 1 fully saturated rings. The van der Waals surface area contributed by atoms with Crippen LogP contribution < -0.4 is 5.32 Å². The highest BCUT2D eigenvalue weighted by molar-refractivity contribution is 4.76. The number of hydrogen-bond donors (Lipinski definition) is 2. The minimum absolute atomic E-state index is 0.346. The predicted octanol–water partition coefficient (Wildman–Crippen LogP) is 2.50. The second-order valence-electron chi connectivity index (χ2n) is 5.62. The molecule has 4 atom stereocenters. The second-order valence-corrected chi connectivity index (χ2v) is 5.62. The van der Waals surface area contributed by atoms with Crippen molar-refractivity contribution in [3.05, 3.63) is 12.7 Å². The van der Waals surface area contributed by atoms with Gasteiger partial charge in [-0.3, -0.25) is 0 Å². The van der Waals surface area contributed by atoms with Crippen molar-refractivity contribution >= 4 is 0 Å². The maximum absolute atomic E-state index is 9.87. The van der Waals surface area contributed by atoms with E-state index in [1.807, 2.05) is 6.08 Å². The van der Waals surface area contributed by atoms with Crippen LogP contribution in [0.3, 0.4) is 0 Å². The summed E-state index contributed by atoms with van der Waals surface area (Å²) in [5.41, 5.74) is 0. The van der Waals surface area contributed by atoms with Crippen molar-refractivity contribution in [3.8, 4) is 0 Å². The Kier molecular flexibility index (Phi) is 7.56. The lowest BCUT2D eigenvalue weighted by Gasteiger charge is -2.29. The first-order chi connectivity index (χ1) is 8.63. The normalized spacial score (nSPS) is 27.7. The molecule has 4 unspecified atom stereocenters. The van der Waals surface area contributed by atoms with Crippen LogP contribution in [-0.4, -0.2) is 36.5 Å². The van der Waals surface area contributed by atoms with Crippen molar-refractivity contribution in [1.82, 2.24) is 5.32 Å². The molecule has 1 aliphatic rings. The summed E-state index contributed by atoms with van der Waals surface area (Å²) < 4.78 is 5.84. The topological polar surface area (TPSA) is 41.5 Å². The van der Waals surface area contributed by atoms with Crippen LogP contribution in [0.1, 0.15) is 46.0 Å². The fraction of sp³-hybridized carbons (Fsp3) is 0.867. The zero-order valence-electron chi connectivity index (χ0n) is 11.9. The van der Waals surface area contributed by atoms with E-state index in [1.165, 1.54) is 19.3 Å². The Balaban J connectivity index is 2.12.